The van der Waals surface area contributed by atoms with Gasteiger partial charge in [-0.15, -0.1) is 0 Å². The number of imide groups is 1. The van der Waals surface area contributed by atoms with E-state index in [1.54, 1.807) is 19.2 Å². The van der Waals surface area contributed by atoms with Crippen LogP contribution in [0, 0.1) is 11.3 Å². The Morgan fingerprint density at radius 2 is 1.80 bits per heavy atom. The molecule has 2 aromatic carbocycles. The summed E-state index contributed by atoms with van der Waals surface area (Å²) in [6.07, 6.45) is 1.26. The van der Waals surface area contributed by atoms with Crippen molar-refractivity contribution in [1.29, 1.82) is 5.26 Å². The number of urea groups is 1. The van der Waals surface area contributed by atoms with Crippen molar-refractivity contribution in [2.45, 2.75) is 30.7 Å². The molecular formula is C25H24Cl2N4O4. The standard InChI is InChI=1S/C25H24Cl2N4O4/c1-29-24(35)31(20-11-18(26)10-19(27)12-20)23(34)25(29)15-30(9-3-2-4-22(32)33)14-21(25)17-7-5-16(13-28)6-8-17/h5-8,10-12,21H,2-4,9,14-15H2,1H3,(H,32,33)/t21-,25-/m1/s1. The van der Waals surface area contributed by atoms with Crippen molar-refractivity contribution in [1.82, 2.24) is 9.80 Å². The molecule has 0 aromatic heterocycles. The Bertz CT molecular complexity index is 1190. The molecule has 0 aliphatic carbocycles. The first-order valence-electron chi connectivity index (χ1n) is 11.2. The van der Waals surface area contributed by atoms with Gasteiger partial charge in [0.05, 0.1) is 17.3 Å². The van der Waals surface area contributed by atoms with E-state index in [0.29, 0.717) is 53.8 Å². The maximum absolute atomic E-state index is 14.1. The summed E-state index contributed by atoms with van der Waals surface area (Å²) in [7, 11) is 1.62. The van der Waals surface area contributed by atoms with Gasteiger partial charge < -0.3 is 10.0 Å². The third kappa shape index (κ3) is 4.59. The molecule has 0 unspecified atom stereocenters. The van der Waals surface area contributed by atoms with Crippen molar-refractivity contribution in [3.8, 4) is 6.07 Å². The first kappa shape index (κ1) is 25.0. The van der Waals surface area contributed by atoms with Gasteiger partial charge in [-0.25, -0.2) is 9.69 Å². The molecule has 182 valence electrons. The Morgan fingerprint density at radius 1 is 1.14 bits per heavy atom. The highest BCUT2D eigenvalue weighted by Crippen LogP contribution is 2.46. The van der Waals surface area contributed by atoms with Crippen LogP contribution in [0.25, 0.3) is 0 Å². The molecular weight excluding hydrogens is 491 g/mol. The number of likely N-dealkylation sites (N-methyl/N-ethyl adjacent to an activating group) is 1. The summed E-state index contributed by atoms with van der Waals surface area (Å²) in [5.41, 5.74) is 0.478. The molecule has 2 aromatic rings. The van der Waals surface area contributed by atoms with Gasteiger partial charge in [-0.3, -0.25) is 14.5 Å². The second-order valence-corrected chi connectivity index (χ2v) is 9.78. The van der Waals surface area contributed by atoms with Crippen LogP contribution in [0.1, 0.15) is 36.3 Å². The SMILES string of the molecule is CN1C(=O)N(c2cc(Cl)cc(Cl)c2)C(=O)[C@]12CN(CCCCC(=O)O)C[C@@H]2c1ccc(C#N)cc1. The van der Waals surface area contributed by atoms with Crippen LogP contribution in [0.3, 0.4) is 0 Å². The van der Waals surface area contributed by atoms with Gasteiger partial charge >= 0.3 is 12.0 Å². The first-order valence-corrected chi connectivity index (χ1v) is 12.0. The molecule has 3 amide bonds. The number of nitriles is 1. The fourth-order valence-electron chi connectivity index (χ4n) is 5.08. The topological polar surface area (TPSA) is 105 Å². The van der Waals surface area contributed by atoms with Crippen molar-refractivity contribution >= 4 is 46.8 Å². The van der Waals surface area contributed by atoms with Gasteiger partial charge in [-0.05, 0) is 55.3 Å². The summed E-state index contributed by atoms with van der Waals surface area (Å²) in [5.74, 6) is -1.56. The van der Waals surface area contributed by atoms with Gasteiger partial charge in [0.15, 0.2) is 0 Å². The minimum atomic E-state index is -1.17. The maximum Gasteiger partial charge on any atom is 0.332 e. The van der Waals surface area contributed by atoms with E-state index in [2.05, 4.69) is 11.0 Å². The van der Waals surface area contributed by atoms with Crippen LogP contribution in [-0.2, 0) is 9.59 Å². The van der Waals surface area contributed by atoms with E-state index in [-0.39, 0.29) is 18.2 Å². The molecule has 0 saturated carbocycles. The molecule has 2 atom stereocenters. The number of hydrogen-bond donors (Lipinski definition) is 1. The van der Waals surface area contributed by atoms with Crippen LogP contribution in [0.2, 0.25) is 10.0 Å². The lowest BCUT2D eigenvalue weighted by Crippen LogP contribution is -2.53. The highest BCUT2D eigenvalue weighted by atomic mass is 35.5. The van der Waals surface area contributed by atoms with E-state index in [1.807, 2.05) is 12.1 Å². The lowest BCUT2D eigenvalue weighted by atomic mass is 9.80. The third-order valence-electron chi connectivity index (χ3n) is 6.79. The number of nitrogens with zero attached hydrogens (tertiary/aromatic N) is 4. The van der Waals surface area contributed by atoms with E-state index in [9.17, 15) is 19.6 Å². The average Bonchev–Trinajstić information content (AvgIpc) is 3.28. The number of amides is 3. The highest BCUT2D eigenvalue weighted by Gasteiger charge is 2.64. The van der Waals surface area contributed by atoms with Gasteiger partial charge in [0.1, 0.15) is 5.54 Å². The van der Waals surface area contributed by atoms with Crippen LogP contribution in [0.5, 0.6) is 0 Å². The predicted octanol–water partition coefficient (Wildman–Crippen LogP) is 4.36. The molecule has 1 spiro atoms. The van der Waals surface area contributed by atoms with Crippen LogP contribution >= 0.6 is 23.2 Å². The molecule has 35 heavy (non-hydrogen) atoms. The summed E-state index contributed by atoms with van der Waals surface area (Å²) in [5, 5.41) is 18.7. The van der Waals surface area contributed by atoms with Gasteiger partial charge in [0.25, 0.3) is 5.91 Å². The summed E-state index contributed by atoms with van der Waals surface area (Å²) < 4.78 is 0. The largest absolute Gasteiger partial charge is 0.481 e. The lowest BCUT2D eigenvalue weighted by molar-refractivity contribution is -0.137. The minimum Gasteiger partial charge on any atom is -0.481 e. The van der Waals surface area contributed by atoms with E-state index in [1.165, 1.54) is 23.1 Å². The van der Waals surface area contributed by atoms with Gasteiger partial charge in [0.2, 0.25) is 0 Å². The fraction of sp³-hybridized carbons (Fsp3) is 0.360. The predicted molar refractivity (Wildman–Crippen MR) is 132 cm³/mol. The second kappa shape index (κ2) is 9.86. The van der Waals surface area contributed by atoms with Crippen LogP contribution in [-0.4, -0.2) is 65.0 Å². The van der Waals surface area contributed by atoms with E-state index in [0.717, 1.165) is 10.5 Å². The number of rotatable bonds is 7. The number of anilines is 1. The molecule has 8 nitrogen and oxygen atoms in total. The van der Waals surface area contributed by atoms with Crippen LogP contribution in [0.15, 0.2) is 42.5 Å². The highest BCUT2D eigenvalue weighted by molar-refractivity contribution is 6.35. The quantitative estimate of drug-likeness (QED) is 0.434. The van der Waals surface area contributed by atoms with Gasteiger partial charge in [-0.1, -0.05) is 35.3 Å². The first-order chi connectivity index (χ1) is 16.7. The molecule has 4 rings (SSSR count). The van der Waals surface area contributed by atoms with Crippen molar-refractivity contribution in [3.05, 3.63) is 63.6 Å². The van der Waals surface area contributed by atoms with Crippen molar-refractivity contribution in [2.24, 2.45) is 0 Å². The monoisotopic (exact) mass is 514 g/mol. The number of unbranched alkanes of at least 4 members (excludes halogenated alkanes) is 1. The zero-order valence-electron chi connectivity index (χ0n) is 19.1. The smallest absolute Gasteiger partial charge is 0.332 e. The van der Waals surface area contributed by atoms with E-state index >= 15 is 0 Å². The summed E-state index contributed by atoms with van der Waals surface area (Å²) >= 11 is 12.3. The summed E-state index contributed by atoms with van der Waals surface area (Å²) in [6, 6.07) is 13.3. The van der Waals surface area contributed by atoms with Crippen molar-refractivity contribution < 1.29 is 19.5 Å². The van der Waals surface area contributed by atoms with Crippen molar-refractivity contribution in [2.75, 3.05) is 31.6 Å². The molecule has 2 aliphatic rings. The number of carboxylic acid groups (broad SMARTS) is 1. The number of carbonyl (C=O) groups is 3. The summed E-state index contributed by atoms with van der Waals surface area (Å²) in [6.45, 7) is 1.41. The number of halogens is 2. The zero-order chi connectivity index (χ0) is 25.3. The number of carboxylic acids is 1. The van der Waals surface area contributed by atoms with Crippen LogP contribution in [0.4, 0.5) is 10.5 Å². The van der Waals surface area contributed by atoms with E-state index < -0.39 is 17.5 Å². The number of hydrogen-bond acceptors (Lipinski definition) is 5. The van der Waals surface area contributed by atoms with Gasteiger partial charge in [0, 0.05) is 42.5 Å². The van der Waals surface area contributed by atoms with Crippen molar-refractivity contribution in [3.63, 3.8) is 0 Å². The molecule has 2 saturated heterocycles. The Hall–Kier alpha value is -3.12. The molecule has 0 radical (unpaired) electrons. The van der Waals surface area contributed by atoms with Crippen LogP contribution < -0.4 is 4.90 Å². The Balaban J connectivity index is 1.71. The summed E-state index contributed by atoms with van der Waals surface area (Å²) in [4.78, 5) is 43.1. The molecule has 1 N–H and O–H groups in total. The maximum atomic E-state index is 14.1. The number of benzene rings is 2. The molecule has 10 heteroatoms. The minimum absolute atomic E-state index is 0.0820. The number of carbonyl (C=O) groups excluding carboxylic acids is 2. The number of aliphatic carboxylic acids is 1. The fourth-order valence-corrected chi connectivity index (χ4v) is 5.59. The average molecular weight is 515 g/mol. The Kier molecular flexibility index (Phi) is 7.04. The molecule has 0 bridgehead atoms. The third-order valence-corrected chi connectivity index (χ3v) is 7.23. The molecule has 2 aliphatic heterocycles. The molecule has 2 heterocycles. The van der Waals surface area contributed by atoms with Gasteiger partial charge in [-0.2, -0.15) is 5.26 Å². The molecule has 2 fully saturated rings. The van der Waals surface area contributed by atoms with E-state index in [4.69, 9.17) is 28.3 Å². The number of likely N-dealkylation sites (tertiary alicyclic amines) is 1. The zero-order valence-corrected chi connectivity index (χ0v) is 20.6. The Morgan fingerprint density at radius 3 is 2.40 bits per heavy atom. The normalized spacial score (nSPS) is 22.3. The second-order valence-electron chi connectivity index (χ2n) is 8.91. The Labute approximate surface area is 213 Å². The lowest BCUT2D eigenvalue weighted by Gasteiger charge is -2.34.